The van der Waals surface area contributed by atoms with Crippen molar-refractivity contribution in [1.82, 2.24) is 15.0 Å². The van der Waals surface area contributed by atoms with Crippen LogP contribution in [0.2, 0.25) is 15.1 Å². The van der Waals surface area contributed by atoms with Crippen molar-refractivity contribution in [1.29, 1.82) is 0 Å². The number of benzene rings is 3. The van der Waals surface area contributed by atoms with Crippen LogP contribution in [0.3, 0.4) is 0 Å². The molecule has 0 spiro atoms. The molecule has 1 saturated heterocycles. The van der Waals surface area contributed by atoms with Crippen molar-refractivity contribution in [2.75, 3.05) is 32.7 Å². The van der Waals surface area contributed by atoms with E-state index in [1.165, 1.54) is 5.56 Å². The molecule has 0 bridgehead atoms. The lowest BCUT2D eigenvalue weighted by molar-refractivity contribution is 0.00340. The van der Waals surface area contributed by atoms with Gasteiger partial charge in [0.15, 0.2) is 0 Å². The first-order valence-electron chi connectivity index (χ1n) is 13.1. The first-order chi connectivity index (χ1) is 19.3. The lowest BCUT2D eigenvalue weighted by atomic mass is 10.0. The molecule has 1 aliphatic rings. The molecule has 6 nitrogen and oxygen atoms in total. The van der Waals surface area contributed by atoms with Gasteiger partial charge in [0.25, 0.3) is 5.91 Å². The van der Waals surface area contributed by atoms with E-state index >= 15 is 0 Å². The number of amides is 1. The topological polar surface area (TPSA) is 58.8 Å². The Labute approximate surface area is 249 Å². The van der Waals surface area contributed by atoms with Crippen LogP contribution in [0.25, 0.3) is 11.3 Å². The molecule has 1 amide bonds. The molecule has 0 radical (unpaired) electrons. The zero-order chi connectivity index (χ0) is 28.2. The van der Waals surface area contributed by atoms with Gasteiger partial charge in [0.2, 0.25) is 0 Å². The number of hydrogen-bond donors (Lipinski definition) is 0. The lowest BCUT2D eigenvalue weighted by Gasteiger charge is -2.36. The summed E-state index contributed by atoms with van der Waals surface area (Å²) in [7, 11) is 0. The number of piperazine rings is 1. The highest BCUT2D eigenvalue weighted by atomic mass is 35.5. The Morgan fingerprint density at radius 2 is 1.62 bits per heavy atom. The van der Waals surface area contributed by atoms with Gasteiger partial charge in [-0.25, -0.2) is 0 Å². The summed E-state index contributed by atoms with van der Waals surface area (Å²) in [4.78, 5) is 17.8. The van der Waals surface area contributed by atoms with Crippen LogP contribution in [0.4, 0.5) is 0 Å². The van der Waals surface area contributed by atoms with Crippen molar-refractivity contribution < 1.29 is 14.1 Å². The van der Waals surface area contributed by atoms with Gasteiger partial charge in [-0.2, -0.15) is 0 Å². The molecule has 0 N–H and O–H groups in total. The van der Waals surface area contributed by atoms with E-state index in [9.17, 15) is 4.79 Å². The minimum Gasteiger partial charge on any atom is -0.368 e. The van der Waals surface area contributed by atoms with Crippen molar-refractivity contribution in [2.24, 2.45) is 0 Å². The molecule has 4 aromatic rings. The van der Waals surface area contributed by atoms with E-state index in [-0.39, 0.29) is 12.0 Å². The normalized spacial score (nSPS) is 14.9. The van der Waals surface area contributed by atoms with Gasteiger partial charge in [-0.1, -0.05) is 88.0 Å². The molecule has 1 aromatic heterocycles. The lowest BCUT2D eigenvalue weighted by Crippen LogP contribution is -2.49. The highest BCUT2D eigenvalue weighted by molar-refractivity contribution is 6.39. The van der Waals surface area contributed by atoms with Crippen LogP contribution in [0.1, 0.15) is 38.9 Å². The average molecular weight is 599 g/mol. The fraction of sp³-hybridized carbons (Fsp3) is 0.290. The number of aromatic nitrogens is 1. The number of carbonyl (C=O) groups is 1. The summed E-state index contributed by atoms with van der Waals surface area (Å²) in [5.41, 5.74) is 4.66. The molecule has 1 atom stereocenters. The van der Waals surface area contributed by atoms with E-state index in [2.05, 4.69) is 35.2 Å². The molecule has 0 saturated carbocycles. The smallest absolute Gasteiger partial charge is 0.259 e. The molecule has 1 aliphatic heterocycles. The second-order valence-electron chi connectivity index (χ2n) is 9.99. The SMILES string of the molecule is Cc1cccc(CO[C@H](CN2CCN(C(=O)c3c(-c4c(Cl)cccc4Cl)noc3C)CC2)c2ccc(Cl)cc2)c1. The Morgan fingerprint density at radius 1 is 0.950 bits per heavy atom. The van der Waals surface area contributed by atoms with E-state index < -0.39 is 0 Å². The number of rotatable bonds is 8. The zero-order valence-corrected chi connectivity index (χ0v) is 24.6. The Balaban J connectivity index is 1.27. The first kappa shape index (κ1) is 28.7. The maximum atomic E-state index is 13.7. The maximum Gasteiger partial charge on any atom is 0.259 e. The zero-order valence-electron chi connectivity index (χ0n) is 22.4. The third kappa shape index (κ3) is 6.54. The van der Waals surface area contributed by atoms with Crippen LogP contribution in [-0.4, -0.2) is 53.6 Å². The Kier molecular flexibility index (Phi) is 9.13. The molecule has 1 fully saturated rings. The van der Waals surface area contributed by atoms with E-state index in [1.807, 2.05) is 35.2 Å². The predicted octanol–water partition coefficient (Wildman–Crippen LogP) is 7.63. The molecule has 9 heteroatoms. The molecule has 208 valence electrons. The van der Waals surface area contributed by atoms with E-state index in [4.69, 9.17) is 44.1 Å². The van der Waals surface area contributed by atoms with Crippen molar-refractivity contribution in [3.8, 4) is 11.3 Å². The number of aryl methyl sites for hydroxylation is 2. The number of ether oxygens (including phenoxy) is 1. The second kappa shape index (κ2) is 12.8. The monoisotopic (exact) mass is 597 g/mol. The summed E-state index contributed by atoms with van der Waals surface area (Å²) in [5, 5.41) is 5.66. The van der Waals surface area contributed by atoms with Crippen molar-refractivity contribution in [2.45, 2.75) is 26.6 Å². The molecule has 40 heavy (non-hydrogen) atoms. The van der Waals surface area contributed by atoms with Crippen LogP contribution in [0.15, 0.2) is 71.3 Å². The van der Waals surface area contributed by atoms with Crippen molar-refractivity contribution in [3.63, 3.8) is 0 Å². The summed E-state index contributed by atoms with van der Waals surface area (Å²) in [6.45, 7) is 7.54. The largest absolute Gasteiger partial charge is 0.368 e. The van der Waals surface area contributed by atoms with Gasteiger partial charge in [0, 0.05) is 43.3 Å². The first-order valence-corrected chi connectivity index (χ1v) is 14.3. The molecule has 5 rings (SSSR count). The summed E-state index contributed by atoms with van der Waals surface area (Å²) in [6.07, 6.45) is -0.144. The number of halogens is 3. The molecular weight excluding hydrogens is 569 g/mol. The quantitative estimate of drug-likeness (QED) is 0.209. The van der Waals surface area contributed by atoms with E-state index in [0.29, 0.717) is 77.0 Å². The Hall–Kier alpha value is -2.87. The number of hydrogen-bond acceptors (Lipinski definition) is 5. The predicted molar refractivity (Wildman–Crippen MR) is 159 cm³/mol. The summed E-state index contributed by atoms with van der Waals surface area (Å²) >= 11 is 19.0. The fourth-order valence-corrected chi connectivity index (χ4v) is 5.68. The minimum atomic E-state index is -0.144. The van der Waals surface area contributed by atoms with Gasteiger partial charge in [0.05, 0.1) is 22.8 Å². The van der Waals surface area contributed by atoms with Gasteiger partial charge >= 0.3 is 0 Å². The summed E-state index contributed by atoms with van der Waals surface area (Å²) in [6, 6.07) is 21.3. The van der Waals surface area contributed by atoms with Gasteiger partial charge in [-0.3, -0.25) is 9.69 Å². The molecule has 2 heterocycles. The van der Waals surface area contributed by atoms with Crippen molar-refractivity contribution in [3.05, 3.63) is 110 Å². The van der Waals surface area contributed by atoms with Gasteiger partial charge in [0.1, 0.15) is 17.0 Å². The summed E-state index contributed by atoms with van der Waals surface area (Å²) < 4.78 is 11.9. The van der Waals surface area contributed by atoms with Gasteiger partial charge < -0.3 is 14.2 Å². The highest BCUT2D eigenvalue weighted by Gasteiger charge is 2.31. The summed E-state index contributed by atoms with van der Waals surface area (Å²) in [5.74, 6) is 0.292. The van der Waals surface area contributed by atoms with E-state index in [0.717, 1.165) is 11.1 Å². The van der Waals surface area contributed by atoms with Crippen molar-refractivity contribution >= 4 is 40.7 Å². The Bertz CT molecular complexity index is 1460. The Morgan fingerprint density at radius 3 is 2.30 bits per heavy atom. The fourth-order valence-electron chi connectivity index (χ4n) is 4.98. The molecule has 3 aromatic carbocycles. The third-order valence-electron chi connectivity index (χ3n) is 7.14. The van der Waals surface area contributed by atoms with Crippen LogP contribution in [0.5, 0.6) is 0 Å². The van der Waals surface area contributed by atoms with Crippen LogP contribution in [0, 0.1) is 13.8 Å². The average Bonchev–Trinajstić information content (AvgIpc) is 3.32. The number of carbonyl (C=O) groups excluding carboxylic acids is 1. The minimum absolute atomic E-state index is 0.144. The van der Waals surface area contributed by atoms with Crippen LogP contribution < -0.4 is 0 Å². The molecular formula is C31H30Cl3N3O3. The van der Waals surface area contributed by atoms with E-state index in [1.54, 1.807) is 25.1 Å². The van der Waals surface area contributed by atoms with Crippen LogP contribution in [-0.2, 0) is 11.3 Å². The van der Waals surface area contributed by atoms with Gasteiger partial charge in [-0.15, -0.1) is 0 Å². The standard InChI is InChI=1S/C31H30Cl3N3O3/c1-20-5-3-6-22(17-20)19-39-27(23-9-11-24(32)12-10-23)18-36-13-15-37(16-14-36)31(38)28-21(2)40-35-30(28)29-25(33)7-4-8-26(29)34/h3-12,17,27H,13-16,18-19H2,1-2H3/t27-/m1/s1. The third-order valence-corrected chi connectivity index (χ3v) is 8.02. The van der Waals surface area contributed by atoms with Crippen LogP contribution >= 0.6 is 34.8 Å². The van der Waals surface area contributed by atoms with Gasteiger partial charge in [-0.05, 0) is 49.2 Å². The number of nitrogens with zero attached hydrogens (tertiary/aromatic N) is 3. The maximum absolute atomic E-state index is 13.7. The molecule has 0 unspecified atom stereocenters. The highest BCUT2D eigenvalue weighted by Crippen LogP contribution is 2.37. The molecule has 0 aliphatic carbocycles. The second-order valence-corrected chi connectivity index (χ2v) is 11.2.